The van der Waals surface area contributed by atoms with Gasteiger partial charge in [0.1, 0.15) is 34.5 Å². The van der Waals surface area contributed by atoms with Crippen LogP contribution < -0.4 is 10.2 Å². The zero-order valence-corrected chi connectivity index (χ0v) is 16.9. The third-order valence-corrected chi connectivity index (χ3v) is 5.71. The fourth-order valence-corrected chi connectivity index (χ4v) is 4.11. The lowest BCUT2D eigenvalue weighted by atomic mass is 9.84. The number of hydrogen-bond acceptors (Lipinski definition) is 7. The Bertz CT molecular complexity index is 1480. The third kappa shape index (κ3) is 3.38. The zero-order chi connectivity index (χ0) is 23.3. The number of carbonyl (C=O) groups excluding carboxylic acids is 1. The molecule has 4 aromatic rings. The van der Waals surface area contributed by atoms with Gasteiger partial charge in [-0.05, 0) is 35.4 Å². The smallest absolute Gasteiger partial charge is 0.335 e. The summed E-state index contributed by atoms with van der Waals surface area (Å²) >= 11 is 0. The number of esters is 1. The van der Waals surface area contributed by atoms with Crippen LogP contribution in [0.4, 0.5) is 0 Å². The van der Waals surface area contributed by atoms with Crippen LogP contribution in [0.5, 0.6) is 17.2 Å². The van der Waals surface area contributed by atoms with Crippen LogP contribution in [0.1, 0.15) is 33.8 Å². The first-order valence-corrected chi connectivity index (χ1v) is 9.98. The first-order chi connectivity index (χ1) is 15.8. The Morgan fingerprint density at radius 3 is 2.33 bits per heavy atom. The van der Waals surface area contributed by atoms with E-state index in [0.717, 1.165) is 0 Å². The maximum absolute atomic E-state index is 13.3. The van der Waals surface area contributed by atoms with Crippen molar-refractivity contribution in [3.63, 3.8) is 0 Å². The molecule has 2 heterocycles. The quantitative estimate of drug-likeness (QED) is 0.319. The molecule has 5 rings (SSSR count). The topological polar surface area (TPSA) is 134 Å². The van der Waals surface area contributed by atoms with Gasteiger partial charge in [-0.2, -0.15) is 0 Å². The highest BCUT2D eigenvalue weighted by molar-refractivity contribution is 5.94. The van der Waals surface area contributed by atoms with Gasteiger partial charge in [0, 0.05) is 17.5 Å². The molecule has 3 aromatic carbocycles. The molecule has 0 spiro atoms. The summed E-state index contributed by atoms with van der Waals surface area (Å²) in [4.78, 5) is 36.7. The number of ether oxygens (including phenoxy) is 1. The molecule has 164 valence electrons. The van der Waals surface area contributed by atoms with E-state index in [9.17, 15) is 24.6 Å². The summed E-state index contributed by atoms with van der Waals surface area (Å²) in [7, 11) is 0. The average molecular weight is 444 g/mol. The predicted octanol–water partition coefficient (Wildman–Crippen LogP) is 4.01. The maximum Gasteiger partial charge on any atom is 0.335 e. The van der Waals surface area contributed by atoms with Crippen molar-refractivity contribution in [2.75, 3.05) is 0 Å². The van der Waals surface area contributed by atoms with E-state index in [0.29, 0.717) is 16.7 Å². The molecule has 0 unspecified atom stereocenters. The molecule has 1 aliphatic rings. The van der Waals surface area contributed by atoms with Crippen molar-refractivity contribution >= 4 is 22.9 Å². The molecule has 0 fully saturated rings. The van der Waals surface area contributed by atoms with E-state index in [1.165, 1.54) is 36.6 Å². The molecule has 1 atom stereocenters. The second kappa shape index (κ2) is 7.52. The fourth-order valence-electron chi connectivity index (χ4n) is 4.11. The molecule has 0 saturated carbocycles. The number of carbonyl (C=O) groups is 2. The van der Waals surface area contributed by atoms with Crippen LogP contribution in [0.2, 0.25) is 0 Å². The van der Waals surface area contributed by atoms with Crippen molar-refractivity contribution < 1.29 is 34.1 Å². The lowest BCUT2D eigenvalue weighted by Gasteiger charge is -2.26. The van der Waals surface area contributed by atoms with Crippen LogP contribution in [-0.4, -0.2) is 27.3 Å². The van der Waals surface area contributed by atoms with Gasteiger partial charge in [0.25, 0.3) is 0 Å². The molecule has 0 radical (unpaired) electrons. The molecule has 33 heavy (non-hydrogen) atoms. The number of phenols is 2. The Labute approximate surface area is 185 Å². The molecule has 8 heteroatoms. The van der Waals surface area contributed by atoms with Gasteiger partial charge >= 0.3 is 11.9 Å². The Hall–Kier alpha value is -4.59. The number of fused-ring (bicyclic) bond motifs is 3. The summed E-state index contributed by atoms with van der Waals surface area (Å²) in [5, 5.41) is 29.2. The second-order valence-corrected chi connectivity index (χ2v) is 7.69. The van der Waals surface area contributed by atoms with E-state index in [4.69, 9.17) is 14.3 Å². The van der Waals surface area contributed by atoms with Gasteiger partial charge in [0.15, 0.2) is 0 Å². The summed E-state index contributed by atoms with van der Waals surface area (Å²) in [6.07, 6.45) is 1.21. The summed E-state index contributed by atoms with van der Waals surface area (Å²) in [5.74, 6) is -2.46. The van der Waals surface area contributed by atoms with E-state index in [2.05, 4.69) is 0 Å². The van der Waals surface area contributed by atoms with Gasteiger partial charge in [0.05, 0.1) is 17.5 Å². The van der Waals surface area contributed by atoms with E-state index >= 15 is 0 Å². The number of phenolic OH excluding ortho intramolecular Hbond substituents is 2. The summed E-state index contributed by atoms with van der Waals surface area (Å²) in [6, 6.07) is 13.2. The third-order valence-electron chi connectivity index (χ3n) is 5.71. The minimum atomic E-state index is -1.08. The summed E-state index contributed by atoms with van der Waals surface area (Å²) < 4.78 is 11.1. The normalized spacial score (nSPS) is 15.2. The van der Waals surface area contributed by atoms with Crippen LogP contribution in [0.25, 0.3) is 22.1 Å². The fraction of sp³-hybridized carbons (Fsp3) is 0.0800. The molecule has 0 bridgehead atoms. The van der Waals surface area contributed by atoms with Crippen LogP contribution in [-0.2, 0) is 4.79 Å². The van der Waals surface area contributed by atoms with Gasteiger partial charge in [-0.25, -0.2) is 4.79 Å². The second-order valence-electron chi connectivity index (χ2n) is 7.69. The van der Waals surface area contributed by atoms with Crippen LogP contribution >= 0.6 is 0 Å². The monoisotopic (exact) mass is 444 g/mol. The number of rotatable bonds is 3. The highest BCUT2D eigenvalue weighted by Gasteiger charge is 2.33. The SMILES string of the molecule is O=C1C[C@@H](c2ccc(C(=O)O)cc2)c2c(cc(O)c3c(=O)c(-c4ccc(O)cc4)coc23)O1. The lowest BCUT2D eigenvalue weighted by molar-refractivity contribution is -0.135. The van der Waals surface area contributed by atoms with Crippen molar-refractivity contribution in [3.8, 4) is 28.4 Å². The van der Waals surface area contributed by atoms with E-state index in [1.807, 2.05) is 0 Å². The molecule has 0 amide bonds. The Morgan fingerprint density at radius 2 is 1.67 bits per heavy atom. The van der Waals surface area contributed by atoms with Crippen molar-refractivity contribution in [1.29, 1.82) is 0 Å². The number of benzene rings is 3. The van der Waals surface area contributed by atoms with Crippen molar-refractivity contribution in [1.82, 2.24) is 0 Å². The Kier molecular flexibility index (Phi) is 4.63. The molecular weight excluding hydrogens is 428 g/mol. The first kappa shape index (κ1) is 20.3. The molecule has 3 N–H and O–H groups in total. The summed E-state index contributed by atoms with van der Waals surface area (Å²) in [6.45, 7) is 0. The predicted molar refractivity (Wildman–Crippen MR) is 117 cm³/mol. The lowest BCUT2D eigenvalue weighted by Crippen LogP contribution is -2.22. The average Bonchev–Trinajstić information content (AvgIpc) is 2.79. The molecule has 1 aliphatic heterocycles. The first-order valence-electron chi connectivity index (χ1n) is 9.98. The highest BCUT2D eigenvalue weighted by atomic mass is 16.5. The van der Waals surface area contributed by atoms with Gasteiger partial charge in [-0.3, -0.25) is 9.59 Å². The van der Waals surface area contributed by atoms with Crippen molar-refractivity contribution in [2.45, 2.75) is 12.3 Å². The van der Waals surface area contributed by atoms with Crippen LogP contribution in [0.15, 0.2) is 70.1 Å². The molecular formula is C25H16O8. The molecule has 0 aliphatic carbocycles. The molecule has 1 aromatic heterocycles. The molecule has 8 nitrogen and oxygen atoms in total. The van der Waals surface area contributed by atoms with E-state index in [-0.39, 0.29) is 40.0 Å². The van der Waals surface area contributed by atoms with Gasteiger partial charge in [-0.15, -0.1) is 0 Å². The van der Waals surface area contributed by atoms with Gasteiger partial charge < -0.3 is 24.5 Å². The van der Waals surface area contributed by atoms with Crippen molar-refractivity contribution in [3.05, 3.63) is 87.8 Å². The number of aromatic hydroxyl groups is 2. The van der Waals surface area contributed by atoms with E-state index in [1.54, 1.807) is 24.3 Å². The van der Waals surface area contributed by atoms with Gasteiger partial charge in [-0.1, -0.05) is 24.3 Å². The number of carboxylic acid groups (broad SMARTS) is 1. The van der Waals surface area contributed by atoms with E-state index < -0.39 is 29.0 Å². The minimum absolute atomic E-state index is 0.0411. The van der Waals surface area contributed by atoms with Gasteiger partial charge in [0.2, 0.25) is 5.43 Å². The molecule has 0 saturated heterocycles. The number of carboxylic acids is 1. The zero-order valence-electron chi connectivity index (χ0n) is 16.9. The number of aromatic carboxylic acids is 1. The standard InChI is InChI=1S/C25H16O8/c26-15-7-5-13(6-8-15)17-11-32-24-21-16(12-1-3-14(4-2-12)25(30)31)9-20(28)33-19(21)10-18(27)22(24)23(17)29/h1-8,10-11,16,26-27H,9H2,(H,30,31)/t16-/m0/s1. The van der Waals surface area contributed by atoms with Crippen LogP contribution in [0.3, 0.4) is 0 Å². The van der Waals surface area contributed by atoms with Crippen LogP contribution in [0, 0.1) is 0 Å². The Balaban J connectivity index is 1.73. The minimum Gasteiger partial charge on any atom is -0.508 e. The maximum atomic E-state index is 13.3. The Morgan fingerprint density at radius 1 is 0.970 bits per heavy atom. The largest absolute Gasteiger partial charge is 0.508 e. The highest BCUT2D eigenvalue weighted by Crippen LogP contribution is 2.45. The number of hydrogen-bond donors (Lipinski definition) is 3. The summed E-state index contributed by atoms with van der Waals surface area (Å²) in [5.41, 5.74) is 1.42. The van der Waals surface area contributed by atoms with Crippen molar-refractivity contribution in [2.24, 2.45) is 0 Å².